The molecule has 1 aliphatic carbocycles. The van der Waals surface area contributed by atoms with Crippen LogP contribution in [0.2, 0.25) is 0 Å². The summed E-state index contributed by atoms with van der Waals surface area (Å²) in [5, 5.41) is 7.28. The van der Waals surface area contributed by atoms with E-state index in [2.05, 4.69) is 15.2 Å². The standard InChI is InChI=1S/C19H17F2N3/c1-3-11-15(8-22-9-16(11)20)14-5-4-12-13(19(14)21)6-7-17-18(12)10(2)23-24-17/h4-5,8-9H,3,6-7H2,1-2H3,(H,23,24). The summed E-state index contributed by atoms with van der Waals surface area (Å²) in [7, 11) is 0. The molecule has 0 amide bonds. The molecule has 24 heavy (non-hydrogen) atoms. The third-order valence-electron chi connectivity index (χ3n) is 4.80. The maximum Gasteiger partial charge on any atom is 0.145 e. The molecule has 3 nitrogen and oxygen atoms in total. The predicted molar refractivity (Wildman–Crippen MR) is 88.7 cm³/mol. The number of fused-ring (bicyclic) bond motifs is 3. The lowest BCUT2D eigenvalue weighted by atomic mass is 9.85. The minimum Gasteiger partial charge on any atom is -0.282 e. The molecule has 1 aliphatic rings. The van der Waals surface area contributed by atoms with Gasteiger partial charge in [-0.25, -0.2) is 8.78 Å². The molecule has 2 aromatic heterocycles. The molecule has 122 valence electrons. The van der Waals surface area contributed by atoms with E-state index in [4.69, 9.17) is 0 Å². The predicted octanol–water partition coefficient (Wildman–Crippen LogP) is 4.39. The van der Waals surface area contributed by atoms with Crippen LogP contribution in [-0.2, 0) is 19.3 Å². The Kier molecular flexibility index (Phi) is 3.44. The van der Waals surface area contributed by atoms with Crippen LogP contribution < -0.4 is 0 Å². The molecule has 2 heterocycles. The van der Waals surface area contributed by atoms with Crippen LogP contribution in [0.5, 0.6) is 0 Å². The number of hydrogen-bond donors (Lipinski definition) is 1. The number of benzene rings is 1. The number of nitrogens with zero attached hydrogens (tertiary/aromatic N) is 2. The molecule has 0 radical (unpaired) electrons. The van der Waals surface area contributed by atoms with E-state index in [1.807, 2.05) is 19.9 Å². The molecule has 0 saturated heterocycles. The Bertz CT molecular complexity index is 944. The van der Waals surface area contributed by atoms with Crippen molar-refractivity contribution in [3.63, 3.8) is 0 Å². The summed E-state index contributed by atoms with van der Waals surface area (Å²) in [5.41, 5.74) is 5.93. The third-order valence-corrected chi connectivity index (χ3v) is 4.80. The van der Waals surface area contributed by atoms with Crippen LogP contribution in [-0.4, -0.2) is 15.2 Å². The van der Waals surface area contributed by atoms with Crippen LogP contribution in [0.1, 0.15) is 29.4 Å². The number of aromatic nitrogens is 3. The Morgan fingerprint density at radius 2 is 1.88 bits per heavy atom. The molecule has 0 bridgehead atoms. The average molecular weight is 325 g/mol. The first-order valence-corrected chi connectivity index (χ1v) is 8.10. The molecular weight excluding hydrogens is 308 g/mol. The molecule has 1 N–H and O–H groups in total. The molecule has 1 aromatic carbocycles. The summed E-state index contributed by atoms with van der Waals surface area (Å²) in [4.78, 5) is 3.91. The van der Waals surface area contributed by atoms with Crippen LogP contribution >= 0.6 is 0 Å². The van der Waals surface area contributed by atoms with Gasteiger partial charge in [0.2, 0.25) is 0 Å². The van der Waals surface area contributed by atoms with Gasteiger partial charge in [0.15, 0.2) is 0 Å². The number of aromatic amines is 1. The Morgan fingerprint density at radius 3 is 2.67 bits per heavy atom. The monoisotopic (exact) mass is 325 g/mol. The van der Waals surface area contributed by atoms with Crippen molar-refractivity contribution in [1.82, 2.24) is 15.2 Å². The number of aryl methyl sites for hydroxylation is 2. The van der Waals surface area contributed by atoms with Crippen molar-refractivity contribution in [2.24, 2.45) is 0 Å². The number of hydrogen-bond acceptors (Lipinski definition) is 2. The number of rotatable bonds is 2. The minimum atomic E-state index is -0.389. The zero-order chi connectivity index (χ0) is 16.8. The maximum atomic E-state index is 15.2. The number of H-pyrrole nitrogens is 1. The molecule has 0 saturated carbocycles. The van der Waals surface area contributed by atoms with Gasteiger partial charge < -0.3 is 0 Å². The van der Waals surface area contributed by atoms with Crippen molar-refractivity contribution < 1.29 is 8.78 Å². The zero-order valence-electron chi connectivity index (χ0n) is 13.6. The van der Waals surface area contributed by atoms with E-state index in [9.17, 15) is 4.39 Å². The van der Waals surface area contributed by atoms with Gasteiger partial charge >= 0.3 is 0 Å². The maximum absolute atomic E-state index is 15.2. The topological polar surface area (TPSA) is 41.6 Å². The number of pyridine rings is 1. The fourth-order valence-electron chi connectivity index (χ4n) is 3.62. The Balaban J connectivity index is 1.94. The molecule has 0 unspecified atom stereocenters. The van der Waals surface area contributed by atoms with Crippen molar-refractivity contribution >= 4 is 0 Å². The van der Waals surface area contributed by atoms with Crippen LogP contribution in [0.4, 0.5) is 8.78 Å². The minimum absolute atomic E-state index is 0.277. The lowest BCUT2D eigenvalue weighted by molar-refractivity contribution is 0.601. The second-order valence-corrected chi connectivity index (χ2v) is 6.12. The van der Waals surface area contributed by atoms with Crippen LogP contribution in [0.25, 0.3) is 22.3 Å². The number of halogens is 2. The summed E-state index contributed by atoms with van der Waals surface area (Å²) in [5.74, 6) is -0.666. The Morgan fingerprint density at radius 1 is 1.08 bits per heavy atom. The molecule has 0 fully saturated rings. The second kappa shape index (κ2) is 5.51. The van der Waals surface area contributed by atoms with Crippen molar-refractivity contribution in [3.05, 3.63) is 58.7 Å². The quantitative estimate of drug-likeness (QED) is 0.759. The largest absolute Gasteiger partial charge is 0.282 e. The van der Waals surface area contributed by atoms with Gasteiger partial charge in [-0.05, 0) is 42.9 Å². The molecule has 5 heteroatoms. The second-order valence-electron chi connectivity index (χ2n) is 6.12. The average Bonchev–Trinajstić information content (AvgIpc) is 2.97. The summed E-state index contributed by atoms with van der Waals surface area (Å²) >= 11 is 0. The van der Waals surface area contributed by atoms with Gasteiger partial charge in [0.05, 0.1) is 11.9 Å². The van der Waals surface area contributed by atoms with E-state index in [0.717, 1.165) is 22.5 Å². The van der Waals surface area contributed by atoms with Crippen molar-refractivity contribution in [2.75, 3.05) is 0 Å². The van der Waals surface area contributed by atoms with Crippen molar-refractivity contribution in [2.45, 2.75) is 33.1 Å². The van der Waals surface area contributed by atoms with Gasteiger partial charge in [-0.2, -0.15) is 5.10 Å². The van der Waals surface area contributed by atoms with Gasteiger partial charge in [0.25, 0.3) is 0 Å². The van der Waals surface area contributed by atoms with E-state index in [1.54, 1.807) is 12.3 Å². The highest BCUT2D eigenvalue weighted by atomic mass is 19.1. The molecular formula is C19H17F2N3. The SMILES string of the molecule is CCc1c(F)cncc1-c1ccc2c(c1F)CCc1n[nH]c(C)c1-2. The van der Waals surface area contributed by atoms with Crippen LogP contribution in [0.15, 0.2) is 24.5 Å². The Hall–Kier alpha value is -2.56. The molecule has 4 rings (SSSR count). The smallest absolute Gasteiger partial charge is 0.145 e. The highest BCUT2D eigenvalue weighted by Gasteiger charge is 2.25. The van der Waals surface area contributed by atoms with Gasteiger partial charge in [-0.1, -0.05) is 19.1 Å². The lowest BCUT2D eigenvalue weighted by Crippen LogP contribution is -2.08. The fraction of sp³-hybridized carbons (Fsp3) is 0.263. The Labute approximate surface area is 138 Å². The third kappa shape index (κ3) is 2.08. The van der Waals surface area contributed by atoms with Gasteiger partial charge in [0, 0.05) is 28.6 Å². The van der Waals surface area contributed by atoms with E-state index in [-0.39, 0.29) is 11.6 Å². The summed E-state index contributed by atoms with van der Waals surface area (Å²) in [6, 6.07) is 3.64. The summed E-state index contributed by atoms with van der Waals surface area (Å²) in [6.45, 7) is 3.80. The molecule has 0 spiro atoms. The molecule has 0 aliphatic heterocycles. The van der Waals surface area contributed by atoms with Crippen LogP contribution in [0.3, 0.4) is 0 Å². The van der Waals surface area contributed by atoms with E-state index in [0.29, 0.717) is 41.5 Å². The van der Waals surface area contributed by atoms with E-state index in [1.165, 1.54) is 6.20 Å². The first kappa shape index (κ1) is 15.0. The molecule has 3 aromatic rings. The van der Waals surface area contributed by atoms with Gasteiger partial charge in [-0.3, -0.25) is 10.1 Å². The van der Waals surface area contributed by atoms with E-state index < -0.39 is 0 Å². The first-order valence-electron chi connectivity index (χ1n) is 8.10. The van der Waals surface area contributed by atoms with Crippen LogP contribution in [0, 0.1) is 18.6 Å². The zero-order valence-corrected chi connectivity index (χ0v) is 13.6. The lowest BCUT2D eigenvalue weighted by Gasteiger charge is -2.19. The highest BCUT2D eigenvalue weighted by molar-refractivity contribution is 5.79. The number of nitrogens with one attached hydrogen (secondary N) is 1. The van der Waals surface area contributed by atoms with Gasteiger partial charge in [-0.15, -0.1) is 0 Å². The van der Waals surface area contributed by atoms with E-state index >= 15 is 4.39 Å². The summed E-state index contributed by atoms with van der Waals surface area (Å²) in [6.07, 6.45) is 4.51. The molecule has 0 atom stereocenters. The normalized spacial score (nSPS) is 12.8. The first-order chi connectivity index (χ1) is 11.6. The van der Waals surface area contributed by atoms with Crippen molar-refractivity contribution in [1.29, 1.82) is 0 Å². The van der Waals surface area contributed by atoms with Crippen molar-refractivity contribution in [3.8, 4) is 22.3 Å². The highest BCUT2D eigenvalue weighted by Crippen LogP contribution is 2.39. The fourth-order valence-corrected chi connectivity index (χ4v) is 3.62. The summed E-state index contributed by atoms with van der Waals surface area (Å²) < 4.78 is 29.3. The van der Waals surface area contributed by atoms with Gasteiger partial charge in [0.1, 0.15) is 11.6 Å².